The maximum absolute atomic E-state index is 8.12. The van der Waals surface area contributed by atoms with Gasteiger partial charge in [-0.15, -0.1) is 0 Å². The van der Waals surface area contributed by atoms with E-state index in [1.54, 1.807) is 48.8 Å². The van der Waals surface area contributed by atoms with Crippen molar-refractivity contribution in [1.29, 1.82) is 0 Å². The molecule has 0 unspecified atom stereocenters. The second-order valence-corrected chi connectivity index (χ2v) is 26.5. The molecular formula is C97H84N5+5. The summed E-state index contributed by atoms with van der Waals surface area (Å²) in [6.07, 6.45) is 7.70. The number of hydrogen-bond acceptors (Lipinski definition) is 0. The summed E-state index contributed by atoms with van der Waals surface area (Å²) < 4.78 is 129. The Hall–Kier alpha value is -12.1. The van der Waals surface area contributed by atoms with Crippen LogP contribution in [0.15, 0.2) is 322 Å². The minimum atomic E-state index is -2.35. The van der Waals surface area contributed by atoms with Crippen LogP contribution in [0.2, 0.25) is 0 Å². The lowest BCUT2D eigenvalue weighted by molar-refractivity contribution is -0.677. The number of nitrogens with zero attached hydrogens (tertiary/aromatic N) is 5. The molecule has 0 fully saturated rings. The second kappa shape index (κ2) is 27.9. The molecule has 5 aliphatic rings. The molecule has 5 aromatic heterocycles. The number of benzene rings is 10. The molecule has 0 radical (unpaired) electrons. The number of pyridine rings is 5. The van der Waals surface area contributed by atoms with Crippen LogP contribution in [0.5, 0.6) is 0 Å². The van der Waals surface area contributed by atoms with Crippen LogP contribution in [0.1, 0.15) is 87.5 Å². The van der Waals surface area contributed by atoms with Gasteiger partial charge in [0.25, 0.3) is 0 Å². The first-order valence-electron chi connectivity index (χ1n) is 42.1. The quantitative estimate of drug-likeness (QED) is 0.153. The van der Waals surface area contributed by atoms with E-state index < -0.39 is 34.3 Å². The van der Waals surface area contributed by atoms with Gasteiger partial charge in [-0.25, -0.2) is 0 Å². The Morgan fingerprint density at radius 2 is 0.647 bits per heavy atom. The molecule has 5 nitrogen and oxygen atoms in total. The lowest BCUT2D eigenvalue weighted by Gasteiger charge is -2.09. The summed E-state index contributed by atoms with van der Waals surface area (Å²) >= 11 is 0. The van der Waals surface area contributed by atoms with Crippen molar-refractivity contribution < 1.29 is 43.4 Å². The standard InChI is InChI=1S/2C20H18N.3C19H16N/c1-14-7-3-5-9-17(14)19-11-20-18-10-6-4-8-16(18)13-21(20)12-15(19)2;1-14-7-3-5-9-17(14)18-11-12-20-19-10-6-4-8-16(19)13-21(20)15(18)2;1-14-6-2-4-8-17(14)15-10-11-20-13-16-7-3-5-9-18(16)19(20)12-15;1-14-12-20-13-16-9-5-6-10-17(16)19(20)11-18(14)15-7-3-2-4-8-15;1-14-17(15-7-3-2-4-8-15)11-12-20-13-16-9-5-6-10-18(16)19(14)20/h2*3-12H,13H2,1-2H3;3*2-12H,13H2,1H3/q5*+1/i1D3,2D3;2D3;2*1D3;. The van der Waals surface area contributed by atoms with Crippen LogP contribution in [-0.4, -0.2) is 0 Å². The molecule has 0 spiro atoms. The molecule has 5 aliphatic heterocycles. The summed E-state index contributed by atoms with van der Waals surface area (Å²) in [4.78, 5) is 0. The third-order valence-corrected chi connectivity index (χ3v) is 20.3. The first-order chi connectivity index (χ1) is 56.0. The molecule has 15 aromatic rings. The lowest BCUT2D eigenvalue weighted by Crippen LogP contribution is -2.36. The second-order valence-electron chi connectivity index (χ2n) is 26.5. The molecule has 0 bridgehead atoms. The van der Waals surface area contributed by atoms with Gasteiger partial charge >= 0.3 is 0 Å². The van der Waals surface area contributed by atoms with Crippen LogP contribution in [-0.2, 0) is 32.7 Å². The largest absolute Gasteiger partial charge is 0.216 e. The normalized spacial score (nSPS) is 14.9. The van der Waals surface area contributed by atoms with Crippen LogP contribution in [0, 0.1) is 48.1 Å². The van der Waals surface area contributed by atoms with Crippen LogP contribution in [0.25, 0.3) is 112 Å². The van der Waals surface area contributed by atoms with Crippen LogP contribution in [0.4, 0.5) is 0 Å². The fraction of sp³-hybridized carbons (Fsp3) is 0.124. The molecule has 0 saturated heterocycles. The summed E-state index contributed by atoms with van der Waals surface area (Å²) in [6, 6.07) is 97.7. The highest BCUT2D eigenvalue weighted by atomic mass is 15.0. The van der Waals surface area contributed by atoms with Crippen molar-refractivity contribution in [3.8, 4) is 112 Å². The molecule has 10 heterocycles. The van der Waals surface area contributed by atoms with E-state index in [9.17, 15) is 0 Å². The van der Waals surface area contributed by atoms with Crippen molar-refractivity contribution in [3.05, 3.63) is 389 Å². The van der Waals surface area contributed by atoms with Crippen molar-refractivity contribution in [2.75, 3.05) is 0 Å². The number of aromatic nitrogens is 5. The van der Waals surface area contributed by atoms with Crippen LogP contribution < -0.4 is 22.8 Å². The van der Waals surface area contributed by atoms with Gasteiger partial charge in [0.2, 0.25) is 28.5 Å². The monoisotopic (exact) mass is 1330 g/mol. The predicted octanol–water partition coefficient (Wildman–Crippen LogP) is 20.5. The number of hydrogen-bond donors (Lipinski definition) is 0. The van der Waals surface area contributed by atoms with E-state index in [4.69, 9.17) is 20.6 Å². The molecule has 102 heavy (non-hydrogen) atoms. The molecule has 492 valence electrons. The summed E-state index contributed by atoms with van der Waals surface area (Å²) in [7, 11) is 0. The molecule has 5 heteroatoms. The minimum Gasteiger partial charge on any atom is -0.194 e. The first kappa shape index (κ1) is 49.5. The topological polar surface area (TPSA) is 19.4 Å². The first-order valence-corrected chi connectivity index (χ1v) is 34.6. The van der Waals surface area contributed by atoms with Gasteiger partial charge in [0.15, 0.2) is 63.2 Å². The predicted molar refractivity (Wildman–Crippen MR) is 416 cm³/mol. The zero-order valence-corrected chi connectivity index (χ0v) is 56.9. The summed E-state index contributed by atoms with van der Waals surface area (Å²) in [5.74, 6) is 0. The third-order valence-electron chi connectivity index (χ3n) is 20.3. The lowest BCUT2D eigenvalue weighted by atomic mass is 9.96. The summed E-state index contributed by atoms with van der Waals surface area (Å²) in [5.41, 5.74) is 30.4. The highest BCUT2D eigenvalue weighted by Gasteiger charge is 2.33. The SMILES string of the molecule is Cc1c(-c2ccccc2)cc[n+]2c1-c1ccccc1C2.[2H]C([2H])([2H])c1c(-c2ccccc2C)ccc2[n+]1Cc1ccccc1-2.[2H]C([2H])([2H])c1c[n+]2c(cc1-c1ccccc1)-c1ccccc1C2.[2H]C([2H])([2H])c1ccccc1-c1cc2[n+](cc1C([2H])([2H])[2H])Cc1ccccc1-2.[2H]C([2H])([2H])c1ccccc1-c1cc[n+]2c(c1)-c1ccccc1C2. The van der Waals surface area contributed by atoms with Gasteiger partial charge in [0.1, 0.15) is 0 Å². The van der Waals surface area contributed by atoms with E-state index in [1.807, 2.05) is 178 Å². The molecule has 20 rings (SSSR count). The fourth-order valence-corrected chi connectivity index (χ4v) is 15.2. The van der Waals surface area contributed by atoms with Gasteiger partial charge in [0, 0.05) is 114 Å². The van der Waals surface area contributed by atoms with Gasteiger partial charge in [-0.3, -0.25) is 0 Å². The van der Waals surface area contributed by atoms with E-state index in [-0.39, 0.29) is 11.1 Å². The van der Waals surface area contributed by atoms with E-state index >= 15 is 0 Å². The Balaban J connectivity index is 0.000000110. The van der Waals surface area contributed by atoms with E-state index in [0.717, 1.165) is 98.0 Å². The average Bonchev–Trinajstić information content (AvgIpc) is 1.63. The smallest absolute Gasteiger partial charge is 0.194 e. The number of fused-ring (bicyclic) bond motifs is 15. The maximum atomic E-state index is 8.12. The minimum absolute atomic E-state index is 0.159. The molecule has 10 aromatic carbocycles. The van der Waals surface area contributed by atoms with Gasteiger partial charge in [-0.2, -0.15) is 22.8 Å². The van der Waals surface area contributed by atoms with Crippen molar-refractivity contribution in [1.82, 2.24) is 0 Å². The Bertz CT molecular complexity index is 6320. The molecule has 0 aliphatic carbocycles. The Morgan fingerprint density at radius 3 is 1.22 bits per heavy atom. The van der Waals surface area contributed by atoms with Crippen molar-refractivity contribution >= 4 is 0 Å². The van der Waals surface area contributed by atoms with E-state index in [0.29, 0.717) is 41.0 Å². The molecule has 0 saturated carbocycles. The van der Waals surface area contributed by atoms with Crippen molar-refractivity contribution in [2.45, 2.75) is 80.8 Å². The zero-order chi connectivity index (χ0) is 81.9. The van der Waals surface area contributed by atoms with E-state index in [1.165, 1.54) is 61.3 Å². The highest BCUT2D eigenvalue weighted by Crippen LogP contribution is 2.38. The molecule has 0 atom stereocenters. The van der Waals surface area contributed by atoms with Crippen molar-refractivity contribution in [2.24, 2.45) is 0 Å². The molecular weight excluding hydrogens is 1240 g/mol. The van der Waals surface area contributed by atoms with Crippen LogP contribution >= 0.6 is 0 Å². The molecule has 0 amide bonds. The average molecular weight is 1330 g/mol. The summed E-state index contributed by atoms with van der Waals surface area (Å²) in [5, 5.41) is 0. The van der Waals surface area contributed by atoms with Gasteiger partial charge in [-0.05, 0) is 144 Å². The summed E-state index contributed by atoms with van der Waals surface area (Å²) in [6.45, 7) is -3.05. The number of rotatable bonds is 5. The maximum Gasteiger partial charge on any atom is 0.216 e. The molecule has 0 N–H and O–H groups in total. The highest BCUT2D eigenvalue weighted by molar-refractivity contribution is 5.79. The van der Waals surface area contributed by atoms with Gasteiger partial charge in [-0.1, -0.05) is 224 Å². The van der Waals surface area contributed by atoms with Crippen molar-refractivity contribution in [3.63, 3.8) is 0 Å². The Kier molecular flexibility index (Phi) is 13.5. The van der Waals surface area contributed by atoms with E-state index in [2.05, 4.69) is 131 Å². The van der Waals surface area contributed by atoms with Gasteiger partial charge in [0.05, 0.1) is 27.8 Å². The van der Waals surface area contributed by atoms with Gasteiger partial charge < -0.3 is 0 Å². The Labute approximate surface area is 622 Å². The number of aryl methyl sites for hydroxylation is 5. The van der Waals surface area contributed by atoms with Crippen LogP contribution in [0.3, 0.4) is 0 Å². The third kappa shape index (κ3) is 12.5. The zero-order valence-electron chi connectivity index (χ0n) is 71.9. The fourth-order valence-electron chi connectivity index (χ4n) is 15.2. The Morgan fingerprint density at radius 1 is 0.245 bits per heavy atom.